The van der Waals surface area contributed by atoms with Gasteiger partial charge in [0.05, 0.1) is 0 Å². The average molecular weight is 221 g/mol. The molecule has 0 heterocycles. The van der Waals surface area contributed by atoms with E-state index < -0.39 is 18.0 Å². The first-order valence-corrected chi connectivity index (χ1v) is 4.42. The van der Waals surface area contributed by atoms with Crippen molar-refractivity contribution < 1.29 is 17.6 Å². The van der Waals surface area contributed by atoms with Gasteiger partial charge in [-0.15, -0.1) is 0 Å². The molecule has 1 unspecified atom stereocenters. The molecule has 84 valence electrons. The number of hydrogen-bond acceptors (Lipinski definition) is 1. The predicted molar refractivity (Wildman–Crippen MR) is 49.0 cm³/mol. The third-order valence-corrected chi connectivity index (χ3v) is 2.10. The summed E-state index contributed by atoms with van der Waals surface area (Å²) in [5, 5.41) is 2.19. The molecule has 1 rings (SSSR count). The van der Waals surface area contributed by atoms with E-state index in [1.54, 1.807) is 0 Å². The highest BCUT2D eigenvalue weighted by atomic mass is 19.4. The lowest BCUT2D eigenvalue weighted by Gasteiger charge is -2.19. The molecule has 0 fully saturated rings. The van der Waals surface area contributed by atoms with E-state index in [2.05, 4.69) is 5.32 Å². The second-order valence-corrected chi connectivity index (χ2v) is 3.21. The number of nitrogens with one attached hydrogen (secondary N) is 1. The summed E-state index contributed by atoms with van der Waals surface area (Å²) in [5.41, 5.74) is 0.452. The monoisotopic (exact) mass is 221 g/mol. The molecule has 0 aromatic heterocycles. The molecule has 0 aliphatic carbocycles. The van der Waals surface area contributed by atoms with Crippen LogP contribution < -0.4 is 5.32 Å². The van der Waals surface area contributed by atoms with Crippen molar-refractivity contribution in [3.63, 3.8) is 0 Å². The Morgan fingerprint density at radius 1 is 1.20 bits per heavy atom. The Balaban J connectivity index is 2.71. The van der Waals surface area contributed by atoms with Crippen molar-refractivity contribution in [2.75, 3.05) is 7.05 Å². The van der Waals surface area contributed by atoms with E-state index in [0.717, 1.165) is 12.1 Å². The lowest BCUT2D eigenvalue weighted by Crippen LogP contribution is -2.41. The molecule has 0 aliphatic heterocycles. The fourth-order valence-corrected chi connectivity index (χ4v) is 1.24. The van der Waals surface area contributed by atoms with E-state index in [9.17, 15) is 17.6 Å². The van der Waals surface area contributed by atoms with Gasteiger partial charge in [-0.1, -0.05) is 12.1 Å². The first-order valence-electron chi connectivity index (χ1n) is 4.42. The van der Waals surface area contributed by atoms with Crippen molar-refractivity contribution >= 4 is 0 Å². The highest BCUT2D eigenvalue weighted by molar-refractivity contribution is 5.17. The molecule has 0 saturated heterocycles. The largest absolute Gasteiger partial charge is 0.404 e. The number of halogens is 4. The van der Waals surface area contributed by atoms with Crippen LogP contribution in [-0.2, 0) is 6.42 Å². The van der Waals surface area contributed by atoms with E-state index in [-0.39, 0.29) is 6.42 Å². The smallest absolute Gasteiger partial charge is 0.309 e. The van der Waals surface area contributed by atoms with Crippen LogP contribution in [0.25, 0.3) is 0 Å². The molecule has 1 atom stereocenters. The molecule has 5 heteroatoms. The minimum absolute atomic E-state index is 0.194. The summed E-state index contributed by atoms with van der Waals surface area (Å²) in [5.74, 6) is -0.452. The summed E-state index contributed by atoms with van der Waals surface area (Å²) in [6, 6.07) is 3.41. The molecule has 0 saturated carbocycles. The number of alkyl halides is 3. The fourth-order valence-electron chi connectivity index (χ4n) is 1.24. The van der Waals surface area contributed by atoms with Gasteiger partial charge >= 0.3 is 6.18 Å². The van der Waals surface area contributed by atoms with Gasteiger partial charge in [-0.05, 0) is 31.2 Å². The minimum atomic E-state index is -4.29. The first kappa shape index (κ1) is 12.0. The van der Waals surface area contributed by atoms with Crippen LogP contribution in [0, 0.1) is 5.82 Å². The second-order valence-electron chi connectivity index (χ2n) is 3.21. The van der Waals surface area contributed by atoms with Gasteiger partial charge in [-0.25, -0.2) is 4.39 Å². The van der Waals surface area contributed by atoms with Gasteiger partial charge in [-0.3, -0.25) is 0 Å². The first-order chi connectivity index (χ1) is 6.93. The highest BCUT2D eigenvalue weighted by Crippen LogP contribution is 2.22. The molecule has 1 aromatic carbocycles. The third-order valence-electron chi connectivity index (χ3n) is 2.10. The number of hydrogen-bond donors (Lipinski definition) is 1. The van der Waals surface area contributed by atoms with Gasteiger partial charge in [0.2, 0.25) is 0 Å². The lowest BCUT2D eigenvalue weighted by molar-refractivity contribution is -0.154. The Morgan fingerprint density at radius 3 is 2.13 bits per heavy atom. The number of benzene rings is 1. The Bertz CT molecular complexity index is 304. The zero-order valence-electron chi connectivity index (χ0n) is 8.11. The quantitative estimate of drug-likeness (QED) is 0.773. The van der Waals surface area contributed by atoms with Crippen molar-refractivity contribution in [1.29, 1.82) is 0 Å². The minimum Gasteiger partial charge on any atom is -0.309 e. The van der Waals surface area contributed by atoms with Gasteiger partial charge in [-0.2, -0.15) is 13.2 Å². The summed E-state index contributed by atoms with van der Waals surface area (Å²) in [6.45, 7) is 0. The Labute approximate surface area is 85.1 Å². The van der Waals surface area contributed by atoms with Gasteiger partial charge in [0.15, 0.2) is 0 Å². The summed E-state index contributed by atoms with van der Waals surface area (Å²) in [4.78, 5) is 0. The van der Waals surface area contributed by atoms with Crippen LogP contribution in [0.3, 0.4) is 0 Å². The van der Waals surface area contributed by atoms with Crippen molar-refractivity contribution in [3.05, 3.63) is 35.6 Å². The standard InChI is InChI=1S/C10H11F4N/c1-15-9(10(12,13)14)6-7-2-4-8(11)5-3-7/h2-5,9,15H,6H2,1H3. The van der Waals surface area contributed by atoms with Crippen molar-refractivity contribution in [2.45, 2.75) is 18.6 Å². The molecule has 1 aromatic rings. The predicted octanol–water partition coefficient (Wildman–Crippen LogP) is 2.52. The Kier molecular flexibility index (Phi) is 3.68. The van der Waals surface area contributed by atoms with Crippen LogP contribution in [0.5, 0.6) is 0 Å². The Morgan fingerprint density at radius 2 is 1.73 bits per heavy atom. The fraction of sp³-hybridized carbons (Fsp3) is 0.400. The van der Waals surface area contributed by atoms with E-state index in [1.807, 2.05) is 0 Å². The van der Waals surface area contributed by atoms with E-state index in [1.165, 1.54) is 19.2 Å². The molecule has 1 nitrogen and oxygen atoms in total. The van der Waals surface area contributed by atoms with E-state index in [0.29, 0.717) is 5.56 Å². The second kappa shape index (κ2) is 4.61. The van der Waals surface area contributed by atoms with Crippen LogP contribution in [0.4, 0.5) is 17.6 Å². The SMILES string of the molecule is CNC(Cc1ccc(F)cc1)C(F)(F)F. The molecule has 0 radical (unpaired) electrons. The zero-order chi connectivity index (χ0) is 11.5. The molecular formula is C10H11F4N. The summed E-state index contributed by atoms with van der Waals surface area (Å²) < 4.78 is 49.5. The van der Waals surface area contributed by atoms with Crippen LogP contribution in [-0.4, -0.2) is 19.3 Å². The molecular weight excluding hydrogens is 210 g/mol. The molecule has 0 bridgehead atoms. The van der Waals surface area contributed by atoms with Gasteiger partial charge < -0.3 is 5.32 Å². The topological polar surface area (TPSA) is 12.0 Å². The molecule has 0 spiro atoms. The van der Waals surface area contributed by atoms with E-state index >= 15 is 0 Å². The van der Waals surface area contributed by atoms with Crippen molar-refractivity contribution in [2.24, 2.45) is 0 Å². The molecule has 0 aliphatic rings. The maximum Gasteiger partial charge on any atom is 0.404 e. The molecule has 0 amide bonds. The molecule has 1 N–H and O–H groups in total. The van der Waals surface area contributed by atoms with Gasteiger partial charge in [0, 0.05) is 0 Å². The van der Waals surface area contributed by atoms with Gasteiger partial charge in [0.25, 0.3) is 0 Å². The van der Waals surface area contributed by atoms with Crippen LogP contribution >= 0.6 is 0 Å². The maximum atomic E-state index is 12.5. The maximum absolute atomic E-state index is 12.5. The highest BCUT2D eigenvalue weighted by Gasteiger charge is 2.38. The van der Waals surface area contributed by atoms with E-state index in [4.69, 9.17) is 0 Å². The average Bonchev–Trinajstić information content (AvgIpc) is 2.15. The Hall–Kier alpha value is -1.10. The summed E-state index contributed by atoms with van der Waals surface area (Å²) >= 11 is 0. The number of rotatable bonds is 3. The summed E-state index contributed by atoms with van der Waals surface area (Å²) in [6.07, 6.45) is -4.48. The molecule has 15 heavy (non-hydrogen) atoms. The normalized spacial score (nSPS) is 13.9. The van der Waals surface area contributed by atoms with Crippen molar-refractivity contribution in [3.8, 4) is 0 Å². The third kappa shape index (κ3) is 3.51. The lowest BCUT2D eigenvalue weighted by atomic mass is 10.1. The van der Waals surface area contributed by atoms with Crippen LogP contribution in [0.1, 0.15) is 5.56 Å². The van der Waals surface area contributed by atoms with Crippen LogP contribution in [0.15, 0.2) is 24.3 Å². The zero-order valence-corrected chi connectivity index (χ0v) is 8.11. The van der Waals surface area contributed by atoms with Crippen molar-refractivity contribution in [1.82, 2.24) is 5.32 Å². The summed E-state index contributed by atoms with van der Waals surface area (Å²) in [7, 11) is 1.25. The number of likely N-dealkylation sites (N-methyl/N-ethyl adjacent to an activating group) is 1. The van der Waals surface area contributed by atoms with Gasteiger partial charge in [0.1, 0.15) is 11.9 Å². The van der Waals surface area contributed by atoms with Crippen LogP contribution in [0.2, 0.25) is 0 Å².